The number of pyridine rings is 1. The third-order valence-electron chi connectivity index (χ3n) is 3.33. The third-order valence-corrected chi connectivity index (χ3v) is 3.54. The summed E-state index contributed by atoms with van der Waals surface area (Å²) < 4.78 is 0. The molecule has 1 aromatic heterocycles. The maximum atomic E-state index is 12.2. The highest BCUT2D eigenvalue weighted by Gasteiger charge is 2.12. The van der Waals surface area contributed by atoms with E-state index in [2.05, 4.69) is 29.2 Å². The summed E-state index contributed by atoms with van der Waals surface area (Å²) in [7, 11) is 1.80. The summed E-state index contributed by atoms with van der Waals surface area (Å²) >= 11 is 5.81. The SMILES string of the molecule is CN(CCCCc1ccccc1)C(=O)c1cccc(Cl)n1. The van der Waals surface area contributed by atoms with Crippen molar-refractivity contribution in [3.63, 3.8) is 0 Å². The van der Waals surface area contributed by atoms with Crippen molar-refractivity contribution in [3.05, 3.63) is 64.9 Å². The van der Waals surface area contributed by atoms with Crippen molar-refractivity contribution in [1.29, 1.82) is 0 Å². The lowest BCUT2D eigenvalue weighted by atomic mass is 10.1. The van der Waals surface area contributed by atoms with E-state index in [-0.39, 0.29) is 5.91 Å². The van der Waals surface area contributed by atoms with Crippen molar-refractivity contribution < 1.29 is 4.79 Å². The van der Waals surface area contributed by atoms with E-state index in [0.29, 0.717) is 10.8 Å². The molecule has 0 atom stereocenters. The number of carbonyl (C=O) groups excluding carboxylic acids is 1. The molecule has 2 aromatic rings. The molecule has 110 valence electrons. The number of rotatable bonds is 6. The number of aryl methyl sites for hydroxylation is 1. The minimum atomic E-state index is -0.0859. The molecule has 0 unspecified atom stereocenters. The van der Waals surface area contributed by atoms with E-state index >= 15 is 0 Å². The maximum Gasteiger partial charge on any atom is 0.272 e. The topological polar surface area (TPSA) is 33.2 Å². The molecular weight excluding hydrogens is 284 g/mol. The van der Waals surface area contributed by atoms with Gasteiger partial charge in [0.2, 0.25) is 0 Å². The average Bonchev–Trinajstić information content (AvgIpc) is 2.51. The van der Waals surface area contributed by atoms with Crippen LogP contribution in [-0.4, -0.2) is 29.4 Å². The van der Waals surface area contributed by atoms with Gasteiger partial charge in [0, 0.05) is 13.6 Å². The molecule has 1 aromatic carbocycles. The molecule has 4 heteroatoms. The van der Waals surface area contributed by atoms with Crippen molar-refractivity contribution in [2.75, 3.05) is 13.6 Å². The van der Waals surface area contributed by atoms with Gasteiger partial charge in [-0.3, -0.25) is 4.79 Å². The number of carbonyl (C=O) groups is 1. The summed E-state index contributed by atoms with van der Waals surface area (Å²) in [6, 6.07) is 15.5. The highest BCUT2D eigenvalue weighted by atomic mass is 35.5. The van der Waals surface area contributed by atoms with Gasteiger partial charge >= 0.3 is 0 Å². The van der Waals surface area contributed by atoms with Crippen LogP contribution in [0.25, 0.3) is 0 Å². The quantitative estimate of drug-likeness (QED) is 0.600. The molecule has 0 N–H and O–H groups in total. The first-order valence-electron chi connectivity index (χ1n) is 7.09. The highest BCUT2D eigenvalue weighted by Crippen LogP contribution is 2.09. The molecular formula is C17H19ClN2O. The van der Waals surface area contributed by atoms with Gasteiger partial charge in [-0.25, -0.2) is 4.98 Å². The molecule has 0 saturated carbocycles. The monoisotopic (exact) mass is 302 g/mol. The van der Waals surface area contributed by atoms with E-state index in [4.69, 9.17) is 11.6 Å². The Hall–Kier alpha value is -1.87. The zero-order chi connectivity index (χ0) is 15.1. The largest absolute Gasteiger partial charge is 0.340 e. The molecule has 1 amide bonds. The van der Waals surface area contributed by atoms with E-state index in [1.54, 1.807) is 30.1 Å². The van der Waals surface area contributed by atoms with E-state index in [0.717, 1.165) is 25.8 Å². The van der Waals surface area contributed by atoms with E-state index in [1.807, 2.05) is 6.07 Å². The number of hydrogen-bond donors (Lipinski definition) is 0. The van der Waals surface area contributed by atoms with E-state index < -0.39 is 0 Å². The Morgan fingerprint density at radius 2 is 1.86 bits per heavy atom. The van der Waals surface area contributed by atoms with Crippen LogP contribution in [-0.2, 0) is 6.42 Å². The number of aromatic nitrogens is 1. The molecule has 21 heavy (non-hydrogen) atoms. The summed E-state index contributed by atoms with van der Waals surface area (Å²) in [6.45, 7) is 0.722. The number of nitrogens with zero attached hydrogens (tertiary/aromatic N) is 2. The summed E-state index contributed by atoms with van der Waals surface area (Å²) in [5.74, 6) is -0.0859. The predicted octanol–water partition coefficient (Wildman–Crippen LogP) is 3.83. The van der Waals surface area contributed by atoms with Gasteiger partial charge in [0.1, 0.15) is 10.8 Å². The Balaban J connectivity index is 1.76. The predicted molar refractivity (Wildman–Crippen MR) is 85.6 cm³/mol. The van der Waals surface area contributed by atoms with Crippen LogP contribution in [0.3, 0.4) is 0 Å². The molecule has 0 saturated heterocycles. The lowest BCUT2D eigenvalue weighted by Gasteiger charge is -2.16. The second-order valence-electron chi connectivity index (χ2n) is 5.01. The van der Waals surface area contributed by atoms with Crippen LogP contribution in [0.15, 0.2) is 48.5 Å². The van der Waals surface area contributed by atoms with Gasteiger partial charge < -0.3 is 4.90 Å². The lowest BCUT2D eigenvalue weighted by molar-refractivity contribution is 0.0787. The molecule has 0 spiro atoms. The van der Waals surface area contributed by atoms with Crippen LogP contribution in [0.5, 0.6) is 0 Å². The standard InChI is InChI=1S/C17H19ClN2O/c1-20(17(21)15-11-7-12-16(18)19-15)13-6-5-10-14-8-3-2-4-9-14/h2-4,7-9,11-12H,5-6,10,13H2,1H3. The highest BCUT2D eigenvalue weighted by molar-refractivity contribution is 6.29. The number of amides is 1. The van der Waals surface area contributed by atoms with Gasteiger partial charge in [0.15, 0.2) is 0 Å². The molecule has 3 nitrogen and oxygen atoms in total. The second kappa shape index (κ2) is 7.79. The van der Waals surface area contributed by atoms with Crippen LogP contribution < -0.4 is 0 Å². The van der Waals surface area contributed by atoms with Crippen molar-refractivity contribution in [3.8, 4) is 0 Å². The van der Waals surface area contributed by atoms with Crippen LogP contribution in [0.2, 0.25) is 5.15 Å². The summed E-state index contributed by atoms with van der Waals surface area (Å²) in [5.41, 5.74) is 1.73. The van der Waals surface area contributed by atoms with Crippen molar-refractivity contribution in [1.82, 2.24) is 9.88 Å². The Kier molecular flexibility index (Phi) is 5.76. The fourth-order valence-corrected chi connectivity index (χ4v) is 2.31. The third kappa shape index (κ3) is 4.87. The molecule has 2 rings (SSSR count). The Morgan fingerprint density at radius 3 is 2.57 bits per heavy atom. The molecule has 0 aliphatic rings. The molecule has 0 bridgehead atoms. The van der Waals surface area contributed by atoms with E-state index in [9.17, 15) is 4.79 Å². The molecule has 0 aliphatic carbocycles. The van der Waals surface area contributed by atoms with Crippen LogP contribution in [0.4, 0.5) is 0 Å². The molecule has 0 aliphatic heterocycles. The normalized spacial score (nSPS) is 10.4. The van der Waals surface area contributed by atoms with Gasteiger partial charge in [-0.05, 0) is 37.0 Å². The Morgan fingerprint density at radius 1 is 1.10 bits per heavy atom. The molecule has 1 heterocycles. The van der Waals surface area contributed by atoms with Crippen molar-refractivity contribution in [2.24, 2.45) is 0 Å². The fraction of sp³-hybridized carbons (Fsp3) is 0.294. The van der Waals surface area contributed by atoms with Gasteiger partial charge in [0.05, 0.1) is 0 Å². The minimum Gasteiger partial charge on any atom is -0.340 e. The zero-order valence-electron chi connectivity index (χ0n) is 12.1. The van der Waals surface area contributed by atoms with Crippen LogP contribution in [0.1, 0.15) is 28.9 Å². The lowest BCUT2D eigenvalue weighted by Crippen LogP contribution is -2.28. The molecule has 0 fully saturated rings. The summed E-state index contributed by atoms with van der Waals surface area (Å²) in [6.07, 6.45) is 3.07. The first-order chi connectivity index (χ1) is 10.2. The van der Waals surface area contributed by atoms with Gasteiger partial charge in [0.25, 0.3) is 5.91 Å². The van der Waals surface area contributed by atoms with Crippen LogP contribution >= 0.6 is 11.6 Å². The fourth-order valence-electron chi connectivity index (χ4n) is 2.15. The Labute approximate surface area is 130 Å². The van der Waals surface area contributed by atoms with Crippen molar-refractivity contribution >= 4 is 17.5 Å². The maximum absolute atomic E-state index is 12.2. The number of halogens is 1. The smallest absolute Gasteiger partial charge is 0.272 e. The van der Waals surface area contributed by atoms with Crippen molar-refractivity contribution in [2.45, 2.75) is 19.3 Å². The van der Waals surface area contributed by atoms with Gasteiger partial charge in [-0.15, -0.1) is 0 Å². The number of unbranched alkanes of at least 4 members (excludes halogenated alkanes) is 1. The minimum absolute atomic E-state index is 0.0859. The first-order valence-corrected chi connectivity index (χ1v) is 7.46. The average molecular weight is 303 g/mol. The van der Waals surface area contributed by atoms with Crippen LogP contribution in [0, 0.1) is 0 Å². The van der Waals surface area contributed by atoms with Gasteiger partial charge in [-0.2, -0.15) is 0 Å². The summed E-state index contributed by atoms with van der Waals surface area (Å²) in [5, 5.41) is 0.346. The van der Waals surface area contributed by atoms with Gasteiger partial charge in [-0.1, -0.05) is 48.0 Å². The Bertz CT molecular complexity index is 586. The zero-order valence-corrected chi connectivity index (χ0v) is 12.9. The second-order valence-corrected chi connectivity index (χ2v) is 5.40. The number of hydrogen-bond acceptors (Lipinski definition) is 2. The summed E-state index contributed by atoms with van der Waals surface area (Å²) in [4.78, 5) is 17.9. The molecule has 0 radical (unpaired) electrons. The van der Waals surface area contributed by atoms with E-state index in [1.165, 1.54) is 5.56 Å². The first kappa shape index (κ1) is 15.5. The number of benzene rings is 1.